The van der Waals surface area contributed by atoms with Gasteiger partial charge in [-0.1, -0.05) is 18.3 Å². The Balaban J connectivity index is 1.86. The Morgan fingerprint density at radius 3 is 3.00 bits per heavy atom. The van der Waals surface area contributed by atoms with Gasteiger partial charge in [-0.05, 0) is 29.8 Å². The number of rotatable bonds is 4. The van der Waals surface area contributed by atoms with Crippen LogP contribution in [0, 0.1) is 5.82 Å². The Morgan fingerprint density at radius 1 is 1.54 bits per heavy atom. The molecule has 7 nitrogen and oxygen atoms in total. The fourth-order valence-electron chi connectivity index (χ4n) is 2.77. The van der Waals surface area contributed by atoms with E-state index in [4.69, 9.17) is 12.2 Å². The lowest BCUT2D eigenvalue weighted by molar-refractivity contribution is -0.120. The molecule has 3 rings (SSSR count). The second kappa shape index (κ2) is 7.00. The molecule has 2 aliphatic heterocycles. The highest BCUT2D eigenvalue weighted by molar-refractivity contribution is 7.80. The topological polar surface area (TPSA) is 81.5 Å². The first-order valence-electron chi connectivity index (χ1n) is 7.56. The van der Waals surface area contributed by atoms with Crippen molar-refractivity contribution in [2.45, 2.75) is 19.0 Å². The van der Waals surface area contributed by atoms with Crippen LogP contribution in [0.1, 0.15) is 18.5 Å². The predicted molar refractivity (Wildman–Crippen MR) is 92.9 cm³/mol. The number of thiocarbonyl (C=S) groups is 1. The molecule has 1 amide bonds. The van der Waals surface area contributed by atoms with Gasteiger partial charge in [-0.2, -0.15) is 5.11 Å². The molecule has 2 atom stereocenters. The van der Waals surface area contributed by atoms with Gasteiger partial charge in [-0.25, -0.2) is 4.39 Å². The van der Waals surface area contributed by atoms with Gasteiger partial charge in [0.05, 0.1) is 29.5 Å². The lowest BCUT2D eigenvalue weighted by atomic mass is 9.99. The highest BCUT2D eigenvalue weighted by Crippen LogP contribution is 2.27. The number of nitrogens with zero attached hydrogens (tertiary/aromatic N) is 4. The van der Waals surface area contributed by atoms with E-state index < -0.39 is 0 Å². The number of nitrogens with one attached hydrogen (secondary N) is 2. The average molecular weight is 348 g/mol. The molecule has 0 saturated carbocycles. The minimum Gasteiger partial charge on any atom is -0.370 e. The number of halogens is 1. The van der Waals surface area contributed by atoms with Gasteiger partial charge in [0.2, 0.25) is 5.91 Å². The molecule has 1 saturated heterocycles. The number of carbonyl (C=O) groups is 1. The zero-order valence-corrected chi connectivity index (χ0v) is 13.9. The Hall–Kier alpha value is -2.42. The minimum absolute atomic E-state index is 0.108. The third kappa shape index (κ3) is 3.56. The number of anilines is 1. The van der Waals surface area contributed by atoms with Crippen molar-refractivity contribution in [1.82, 2.24) is 10.6 Å². The van der Waals surface area contributed by atoms with E-state index in [0.717, 1.165) is 0 Å². The number of benzene rings is 1. The molecule has 0 aromatic heterocycles. The normalized spacial score (nSPS) is 20.8. The van der Waals surface area contributed by atoms with Crippen molar-refractivity contribution in [3.63, 3.8) is 0 Å². The third-order valence-electron chi connectivity index (χ3n) is 3.87. The van der Waals surface area contributed by atoms with Crippen molar-refractivity contribution in [3.8, 4) is 0 Å². The number of hydrogen-bond acceptors (Lipinski definition) is 6. The summed E-state index contributed by atoms with van der Waals surface area (Å²) in [5.41, 5.74) is 1.10. The first-order chi connectivity index (χ1) is 11.5. The molecule has 0 aliphatic carbocycles. The van der Waals surface area contributed by atoms with E-state index in [-0.39, 0.29) is 30.4 Å². The molecule has 0 bridgehead atoms. The second-order valence-corrected chi connectivity index (χ2v) is 6.23. The minimum atomic E-state index is -0.386. The fourth-order valence-corrected chi connectivity index (χ4v) is 2.90. The predicted octanol–water partition coefficient (Wildman–Crippen LogP) is 1.56. The van der Waals surface area contributed by atoms with Gasteiger partial charge < -0.3 is 15.5 Å². The van der Waals surface area contributed by atoms with Crippen molar-refractivity contribution < 1.29 is 9.18 Å². The van der Waals surface area contributed by atoms with Gasteiger partial charge in [0.15, 0.2) is 0 Å². The summed E-state index contributed by atoms with van der Waals surface area (Å²) in [7, 11) is 0. The van der Waals surface area contributed by atoms with Gasteiger partial charge in [-0.3, -0.25) is 4.79 Å². The lowest BCUT2D eigenvalue weighted by Crippen LogP contribution is -2.48. The molecule has 9 heteroatoms. The maximum Gasteiger partial charge on any atom is 0.239 e. The molecule has 126 valence electrons. The summed E-state index contributed by atoms with van der Waals surface area (Å²) in [6.45, 7) is 2.99. The quantitative estimate of drug-likeness (QED) is 0.809. The largest absolute Gasteiger partial charge is 0.370 e. The average Bonchev–Trinajstić information content (AvgIpc) is 3.06. The molecular formula is C15H17FN6OS. The first-order valence-corrected chi connectivity index (χ1v) is 7.97. The van der Waals surface area contributed by atoms with Crippen LogP contribution < -0.4 is 15.5 Å². The summed E-state index contributed by atoms with van der Waals surface area (Å²) in [6.07, 6.45) is 1.59. The van der Waals surface area contributed by atoms with E-state index in [2.05, 4.69) is 26.1 Å². The molecule has 2 unspecified atom stereocenters. The van der Waals surface area contributed by atoms with Crippen LogP contribution in [-0.2, 0) is 4.79 Å². The van der Waals surface area contributed by atoms with E-state index in [1.54, 1.807) is 24.1 Å². The number of amides is 1. The van der Waals surface area contributed by atoms with E-state index in [0.29, 0.717) is 29.3 Å². The maximum absolute atomic E-state index is 14.6. The Bertz CT molecular complexity index is 710. The lowest BCUT2D eigenvalue weighted by Gasteiger charge is -2.29. The summed E-state index contributed by atoms with van der Waals surface area (Å²) in [4.78, 5) is 13.8. The summed E-state index contributed by atoms with van der Waals surface area (Å²) >= 11 is 5.11. The SMILES string of the molecule is CC(=S)NC(c1ccc(N2CCNC(=O)C2)c(F)c1)C1C=NN=N1. The summed E-state index contributed by atoms with van der Waals surface area (Å²) < 4.78 is 14.6. The van der Waals surface area contributed by atoms with Crippen molar-refractivity contribution in [2.24, 2.45) is 15.4 Å². The zero-order valence-electron chi connectivity index (χ0n) is 13.1. The molecular weight excluding hydrogens is 331 g/mol. The summed E-state index contributed by atoms with van der Waals surface area (Å²) in [6, 6.07) is 4.25. The molecule has 0 radical (unpaired) electrons. The van der Waals surface area contributed by atoms with Gasteiger partial charge >= 0.3 is 0 Å². The smallest absolute Gasteiger partial charge is 0.239 e. The van der Waals surface area contributed by atoms with Gasteiger partial charge in [-0.15, -0.1) is 5.10 Å². The zero-order chi connectivity index (χ0) is 17.1. The molecule has 1 aromatic carbocycles. The van der Waals surface area contributed by atoms with E-state index in [9.17, 15) is 9.18 Å². The monoisotopic (exact) mass is 348 g/mol. The van der Waals surface area contributed by atoms with E-state index >= 15 is 0 Å². The van der Waals surface area contributed by atoms with Crippen molar-refractivity contribution in [3.05, 3.63) is 29.6 Å². The highest BCUT2D eigenvalue weighted by atomic mass is 32.1. The van der Waals surface area contributed by atoms with Crippen LogP contribution in [0.25, 0.3) is 0 Å². The van der Waals surface area contributed by atoms with Gasteiger partial charge in [0, 0.05) is 13.1 Å². The second-order valence-electron chi connectivity index (χ2n) is 5.62. The summed E-state index contributed by atoms with van der Waals surface area (Å²) in [5.74, 6) is -0.494. The number of piperazine rings is 1. The van der Waals surface area contributed by atoms with E-state index in [1.165, 1.54) is 6.07 Å². The maximum atomic E-state index is 14.6. The summed E-state index contributed by atoms with van der Waals surface area (Å²) in [5, 5.41) is 17.2. The van der Waals surface area contributed by atoms with Crippen LogP contribution in [0.5, 0.6) is 0 Å². The van der Waals surface area contributed by atoms with Crippen molar-refractivity contribution in [2.75, 3.05) is 24.5 Å². The molecule has 1 aromatic rings. The Kier molecular flexibility index (Phi) is 4.79. The van der Waals surface area contributed by atoms with Crippen molar-refractivity contribution in [1.29, 1.82) is 0 Å². The van der Waals surface area contributed by atoms with Crippen LogP contribution in [0.3, 0.4) is 0 Å². The van der Waals surface area contributed by atoms with Crippen LogP contribution in [-0.4, -0.2) is 42.8 Å². The van der Waals surface area contributed by atoms with Gasteiger partial charge in [0.1, 0.15) is 11.9 Å². The van der Waals surface area contributed by atoms with Gasteiger partial charge in [0.25, 0.3) is 0 Å². The van der Waals surface area contributed by atoms with Crippen LogP contribution in [0.15, 0.2) is 33.6 Å². The molecule has 0 spiro atoms. The molecule has 24 heavy (non-hydrogen) atoms. The van der Waals surface area contributed by atoms with Crippen molar-refractivity contribution >= 4 is 35.0 Å². The first kappa shape index (κ1) is 16.4. The Labute approximate surface area is 144 Å². The van der Waals surface area contributed by atoms with E-state index in [1.807, 2.05) is 6.07 Å². The fraction of sp³-hybridized carbons (Fsp3) is 0.400. The molecule has 2 aliphatic rings. The van der Waals surface area contributed by atoms with Crippen LogP contribution >= 0.6 is 12.2 Å². The third-order valence-corrected chi connectivity index (χ3v) is 3.98. The van der Waals surface area contributed by atoms with Crippen LogP contribution in [0.4, 0.5) is 10.1 Å². The number of hydrogen-bond donors (Lipinski definition) is 2. The molecule has 2 heterocycles. The van der Waals surface area contributed by atoms with Crippen LogP contribution in [0.2, 0.25) is 0 Å². The number of carbonyl (C=O) groups excluding carboxylic acids is 1. The molecule has 1 fully saturated rings. The standard InChI is InChI=1S/C15H17FN6OS/c1-9(24)19-15(12-7-18-21-20-12)10-2-3-13(11(16)6-10)22-5-4-17-14(23)8-22/h2-3,6-7,12,15H,4-5,8H2,1H3,(H,17,23)(H,19,24). The molecule has 2 N–H and O–H groups in total. The Morgan fingerprint density at radius 2 is 2.38 bits per heavy atom. The highest BCUT2D eigenvalue weighted by Gasteiger charge is 2.26.